The molecule has 84 valence electrons. The van der Waals surface area contributed by atoms with Crippen LogP contribution >= 0.6 is 0 Å². The fourth-order valence-electron chi connectivity index (χ4n) is 1.91. The summed E-state index contributed by atoms with van der Waals surface area (Å²) in [6, 6.07) is 8.23. The van der Waals surface area contributed by atoms with E-state index in [4.69, 9.17) is 5.73 Å². The van der Waals surface area contributed by atoms with Crippen molar-refractivity contribution in [3.63, 3.8) is 0 Å². The van der Waals surface area contributed by atoms with E-state index in [-0.39, 0.29) is 6.04 Å². The Bertz CT molecular complexity index is 499. The minimum atomic E-state index is 0.105. The normalized spacial score (nSPS) is 12.9. The Hall–Kier alpha value is -1.61. The third-order valence-corrected chi connectivity index (χ3v) is 2.79. The maximum atomic E-state index is 5.98. The topological polar surface area (TPSA) is 43.8 Å². The van der Waals surface area contributed by atoms with Crippen LogP contribution in [0.4, 0.5) is 0 Å². The molecule has 1 atom stereocenters. The van der Waals surface area contributed by atoms with Gasteiger partial charge in [-0.1, -0.05) is 18.2 Å². The Morgan fingerprint density at radius 2 is 2.25 bits per heavy atom. The molecule has 0 spiro atoms. The number of para-hydroxylation sites is 2. The highest BCUT2D eigenvalue weighted by Crippen LogP contribution is 2.15. The average Bonchev–Trinajstić information content (AvgIpc) is 2.57. The molecule has 2 rings (SSSR count). The molecule has 0 amide bonds. The predicted octanol–water partition coefficient (Wildman–Crippen LogP) is 2.02. The second kappa shape index (κ2) is 4.49. The molecule has 1 aromatic heterocycles. The molecule has 0 aliphatic rings. The third-order valence-electron chi connectivity index (χ3n) is 2.79. The number of rotatable bonds is 4. The summed E-state index contributed by atoms with van der Waals surface area (Å²) in [5.74, 6) is 1.04. The van der Waals surface area contributed by atoms with Crippen LogP contribution in [0.25, 0.3) is 11.0 Å². The molecule has 3 nitrogen and oxygen atoms in total. The Balaban J connectivity index is 2.31. The summed E-state index contributed by atoms with van der Waals surface area (Å²) in [7, 11) is 2.03. The minimum absolute atomic E-state index is 0.105. The first-order valence-corrected chi connectivity index (χ1v) is 5.49. The zero-order valence-corrected chi connectivity index (χ0v) is 9.56. The number of hydrogen-bond donors (Lipinski definition) is 1. The molecule has 1 heterocycles. The van der Waals surface area contributed by atoms with Gasteiger partial charge in [0, 0.05) is 19.5 Å². The lowest BCUT2D eigenvalue weighted by atomic mass is 10.1. The quantitative estimate of drug-likeness (QED) is 0.793. The van der Waals surface area contributed by atoms with Crippen LogP contribution in [-0.2, 0) is 13.5 Å². The number of benzene rings is 1. The zero-order valence-electron chi connectivity index (χ0n) is 9.56. The summed E-state index contributed by atoms with van der Waals surface area (Å²) in [4.78, 5) is 4.58. The minimum Gasteiger partial charge on any atom is -0.331 e. The van der Waals surface area contributed by atoms with Crippen LogP contribution in [0.1, 0.15) is 12.2 Å². The van der Waals surface area contributed by atoms with Crippen molar-refractivity contribution in [2.24, 2.45) is 12.8 Å². The molecule has 1 unspecified atom stereocenters. The molecule has 3 heteroatoms. The smallest absolute Gasteiger partial charge is 0.111 e. The van der Waals surface area contributed by atoms with Crippen molar-refractivity contribution in [2.75, 3.05) is 0 Å². The molecule has 0 aliphatic heterocycles. The molecule has 0 saturated heterocycles. The highest BCUT2D eigenvalue weighted by Gasteiger charge is 2.10. The number of aryl methyl sites for hydroxylation is 1. The second-order valence-corrected chi connectivity index (χ2v) is 4.06. The lowest BCUT2D eigenvalue weighted by molar-refractivity contribution is 0.637. The Morgan fingerprint density at radius 3 is 2.94 bits per heavy atom. The van der Waals surface area contributed by atoms with E-state index in [1.54, 1.807) is 0 Å². The SMILES string of the molecule is C=CCC(N)Cc1nc2ccccc2n1C. The van der Waals surface area contributed by atoms with Crippen LogP contribution in [0, 0.1) is 0 Å². The van der Waals surface area contributed by atoms with E-state index in [1.165, 1.54) is 0 Å². The molecule has 0 bridgehead atoms. The first kappa shape index (κ1) is 10.9. The van der Waals surface area contributed by atoms with Gasteiger partial charge in [-0.05, 0) is 18.6 Å². The van der Waals surface area contributed by atoms with Crippen LogP contribution in [0.15, 0.2) is 36.9 Å². The van der Waals surface area contributed by atoms with Crippen LogP contribution in [0.3, 0.4) is 0 Å². The average molecular weight is 215 g/mol. The second-order valence-electron chi connectivity index (χ2n) is 4.06. The number of fused-ring (bicyclic) bond motifs is 1. The summed E-state index contributed by atoms with van der Waals surface area (Å²) < 4.78 is 2.11. The van der Waals surface area contributed by atoms with Crippen molar-refractivity contribution in [2.45, 2.75) is 18.9 Å². The molecule has 1 aromatic carbocycles. The third kappa shape index (κ3) is 1.99. The van der Waals surface area contributed by atoms with Crippen LogP contribution in [0.5, 0.6) is 0 Å². The molecular weight excluding hydrogens is 198 g/mol. The monoisotopic (exact) mass is 215 g/mol. The molecular formula is C13H17N3. The molecule has 16 heavy (non-hydrogen) atoms. The maximum Gasteiger partial charge on any atom is 0.111 e. The number of nitrogens with two attached hydrogens (primary N) is 1. The Kier molecular flexibility index (Phi) is 3.06. The lowest BCUT2D eigenvalue weighted by Crippen LogP contribution is -2.23. The summed E-state index contributed by atoms with van der Waals surface area (Å²) in [6.45, 7) is 3.70. The van der Waals surface area contributed by atoms with Gasteiger partial charge in [-0.15, -0.1) is 6.58 Å². The van der Waals surface area contributed by atoms with E-state index in [2.05, 4.69) is 22.2 Å². The van der Waals surface area contributed by atoms with Crippen LogP contribution in [-0.4, -0.2) is 15.6 Å². The number of aromatic nitrogens is 2. The highest BCUT2D eigenvalue weighted by atomic mass is 15.1. The van der Waals surface area contributed by atoms with Crippen LogP contribution in [0.2, 0.25) is 0 Å². The van der Waals surface area contributed by atoms with Gasteiger partial charge < -0.3 is 10.3 Å². The standard InChI is InChI=1S/C13H17N3/c1-3-6-10(14)9-13-15-11-7-4-5-8-12(11)16(13)2/h3-5,7-8,10H,1,6,9,14H2,2H3. The van der Waals surface area contributed by atoms with Crippen molar-refractivity contribution in [1.29, 1.82) is 0 Å². The van der Waals surface area contributed by atoms with Crippen molar-refractivity contribution in [3.05, 3.63) is 42.7 Å². The van der Waals surface area contributed by atoms with Gasteiger partial charge in [0.05, 0.1) is 11.0 Å². The molecule has 2 aromatic rings. The van der Waals surface area contributed by atoms with Gasteiger partial charge in [0.15, 0.2) is 0 Å². The maximum absolute atomic E-state index is 5.98. The lowest BCUT2D eigenvalue weighted by Gasteiger charge is -2.08. The van der Waals surface area contributed by atoms with Gasteiger partial charge in [-0.3, -0.25) is 0 Å². The molecule has 0 saturated carbocycles. The first-order chi connectivity index (χ1) is 7.72. The van der Waals surface area contributed by atoms with Gasteiger partial charge in [0.1, 0.15) is 5.82 Å². The van der Waals surface area contributed by atoms with Gasteiger partial charge in [-0.2, -0.15) is 0 Å². The van der Waals surface area contributed by atoms with Crippen LogP contribution < -0.4 is 5.73 Å². The Morgan fingerprint density at radius 1 is 1.50 bits per heavy atom. The number of hydrogen-bond acceptors (Lipinski definition) is 2. The van der Waals surface area contributed by atoms with E-state index >= 15 is 0 Å². The van der Waals surface area contributed by atoms with Gasteiger partial charge in [-0.25, -0.2) is 4.98 Å². The molecule has 0 aliphatic carbocycles. The summed E-state index contributed by atoms with van der Waals surface area (Å²) in [5.41, 5.74) is 8.17. The van der Waals surface area contributed by atoms with Gasteiger partial charge >= 0.3 is 0 Å². The van der Waals surface area contributed by atoms with E-state index < -0.39 is 0 Å². The van der Waals surface area contributed by atoms with Crippen molar-refractivity contribution in [1.82, 2.24) is 9.55 Å². The predicted molar refractivity (Wildman–Crippen MR) is 67.2 cm³/mol. The Labute approximate surface area is 95.6 Å². The first-order valence-electron chi connectivity index (χ1n) is 5.49. The summed E-state index contributed by atoms with van der Waals surface area (Å²) in [6.07, 6.45) is 3.47. The molecule has 0 radical (unpaired) electrons. The largest absolute Gasteiger partial charge is 0.331 e. The summed E-state index contributed by atoms with van der Waals surface area (Å²) >= 11 is 0. The van der Waals surface area contributed by atoms with E-state index in [0.29, 0.717) is 0 Å². The van der Waals surface area contributed by atoms with Crippen molar-refractivity contribution in [3.8, 4) is 0 Å². The zero-order chi connectivity index (χ0) is 11.5. The number of imidazole rings is 1. The van der Waals surface area contributed by atoms with Gasteiger partial charge in [0.2, 0.25) is 0 Å². The van der Waals surface area contributed by atoms with Crippen molar-refractivity contribution < 1.29 is 0 Å². The van der Waals surface area contributed by atoms with Gasteiger partial charge in [0.25, 0.3) is 0 Å². The van der Waals surface area contributed by atoms with Crippen molar-refractivity contribution >= 4 is 11.0 Å². The fourth-order valence-corrected chi connectivity index (χ4v) is 1.91. The molecule has 2 N–H and O–H groups in total. The van der Waals surface area contributed by atoms with E-state index in [1.807, 2.05) is 31.3 Å². The highest BCUT2D eigenvalue weighted by molar-refractivity contribution is 5.75. The molecule has 0 fully saturated rings. The van der Waals surface area contributed by atoms with E-state index in [0.717, 1.165) is 29.7 Å². The summed E-state index contributed by atoms with van der Waals surface area (Å²) in [5, 5.41) is 0. The number of nitrogens with zero attached hydrogens (tertiary/aromatic N) is 2. The fraction of sp³-hybridized carbons (Fsp3) is 0.308. The van der Waals surface area contributed by atoms with E-state index in [9.17, 15) is 0 Å².